The van der Waals surface area contributed by atoms with E-state index in [4.69, 9.17) is 5.14 Å². The molecule has 1 aromatic carbocycles. The summed E-state index contributed by atoms with van der Waals surface area (Å²) in [7, 11) is -4.37. The van der Waals surface area contributed by atoms with Gasteiger partial charge in [-0.15, -0.1) is 0 Å². The highest BCUT2D eigenvalue weighted by Gasteiger charge is 2.25. The molecule has 0 aliphatic carbocycles. The minimum Gasteiger partial charge on any atom is -0.352 e. The van der Waals surface area contributed by atoms with Crippen molar-refractivity contribution >= 4 is 15.9 Å². The van der Waals surface area contributed by atoms with E-state index in [1.165, 1.54) is 0 Å². The Bertz CT molecular complexity index is 645. The Hall–Kier alpha value is -1.54. The Kier molecular flexibility index (Phi) is 5.41. The summed E-state index contributed by atoms with van der Waals surface area (Å²) in [5, 5.41) is 7.20. The van der Waals surface area contributed by atoms with Gasteiger partial charge in [-0.3, -0.25) is 4.79 Å². The largest absolute Gasteiger partial charge is 0.352 e. The van der Waals surface area contributed by atoms with Crippen LogP contribution in [0.5, 0.6) is 0 Å². The molecule has 0 heterocycles. The normalized spacial score (nSPS) is 13.3. The summed E-state index contributed by atoms with van der Waals surface area (Å²) in [6, 6.07) is 1.39. The zero-order chi connectivity index (χ0) is 16.4. The molecule has 0 saturated heterocycles. The van der Waals surface area contributed by atoms with Crippen molar-refractivity contribution in [2.45, 2.75) is 25.7 Å². The molecule has 0 spiro atoms. The molecule has 3 N–H and O–H groups in total. The van der Waals surface area contributed by atoms with Crippen LogP contribution in [0.2, 0.25) is 0 Å². The fourth-order valence-corrected chi connectivity index (χ4v) is 2.15. The van der Waals surface area contributed by atoms with Gasteiger partial charge in [0, 0.05) is 6.54 Å². The van der Waals surface area contributed by atoms with E-state index < -0.39 is 38.0 Å². The molecule has 0 aromatic heterocycles. The lowest BCUT2D eigenvalue weighted by Gasteiger charge is -2.16. The number of rotatable bonds is 5. The van der Waals surface area contributed by atoms with Crippen LogP contribution in [-0.2, 0) is 10.0 Å². The lowest BCUT2D eigenvalue weighted by molar-refractivity contribution is 0.0936. The summed E-state index contributed by atoms with van der Waals surface area (Å²) in [4.78, 5) is 11.0. The van der Waals surface area contributed by atoms with Crippen LogP contribution >= 0.6 is 0 Å². The second-order valence-electron chi connectivity index (χ2n) is 5.21. The van der Waals surface area contributed by atoms with E-state index in [1.54, 1.807) is 0 Å². The average molecular weight is 320 g/mol. The predicted molar refractivity (Wildman–Crippen MR) is 74.1 cm³/mol. The zero-order valence-electron chi connectivity index (χ0n) is 12.0. The van der Waals surface area contributed by atoms with Crippen molar-refractivity contribution in [1.29, 1.82) is 0 Å². The maximum Gasteiger partial charge on any atom is 0.257 e. The van der Waals surface area contributed by atoms with Gasteiger partial charge in [-0.05, 0) is 24.0 Å². The number of benzene rings is 1. The molecule has 1 unspecified atom stereocenters. The summed E-state index contributed by atoms with van der Waals surface area (Å²) in [5.74, 6) is -3.26. The molecule has 1 amide bonds. The van der Waals surface area contributed by atoms with Gasteiger partial charge < -0.3 is 5.32 Å². The number of halogens is 2. The van der Waals surface area contributed by atoms with E-state index in [-0.39, 0.29) is 18.4 Å². The van der Waals surface area contributed by atoms with Crippen molar-refractivity contribution < 1.29 is 22.0 Å². The highest BCUT2D eigenvalue weighted by molar-refractivity contribution is 7.89. The monoisotopic (exact) mass is 320 g/mol. The zero-order valence-corrected chi connectivity index (χ0v) is 12.8. The van der Waals surface area contributed by atoms with Gasteiger partial charge in [0.15, 0.2) is 5.82 Å². The Morgan fingerprint density at radius 1 is 1.29 bits per heavy atom. The quantitative estimate of drug-likeness (QED) is 0.864. The Morgan fingerprint density at radius 2 is 1.86 bits per heavy atom. The first-order chi connectivity index (χ1) is 9.55. The first-order valence-electron chi connectivity index (χ1n) is 6.34. The Balaban J connectivity index is 3.10. The third-order valence-corrected chi connectivity index (χ3v) is 4.24. The van der Waals surface area contributed by atoms with E-state index in [0.717, 1.165) is 0 Å². The Labute approximate surface area is 122 Å². The number of hydrogen-bond acceptors (Lipinski definition) is 3. The number of nitrogens with two attached hydrogens (primary N) is 1. The van der Waals surface area contributed by atoms with Crippen molar-refractivity contribution in [3.8, 4) is 0 Å². The summed E-state index contributed by atoms with van der Waals surface area (Å²) in [6.07, 6.45) is 0. The topological polar surface area (TPSA) is 89.3 Å². The molecule has 0 aliphatic rings. The van der Waals surface area contributed by atoms with Crippen molar-refractivity contribution in [3.63, 3.8) is 0 Å². The van der Waals surface area contributed by atoms with Gasteiger partial charge in [-0.2, -0.15) is 0 Å². The van der Waals surface area contributed by atoms with Gasteiger partial charge in [0.2, 0.25) is 10.0 Å². The standard InChI is InChI=1S/C13H18F2N2O3S/c1-7(2)8(3)6-17-13(18)11-9(14)4-5-10(12(11)15)21(16,19)20/h4-5,7-8H,6H2,1-3H3,(H,17,18)(H2,16,19,20). The van der Waals surface area contributed by atoms with E-state index >= 15 is 0 Å². The highest BCUT2D eigenvalue weighted by Crippen LogP contribution is 2.20. The molecule has 1 atom stereocenters. The summed E-state index contributed by atoms with van der Waals surface area (Å²) in [5.41, 5.74) is -0.947. The number of sulfonamides is 1. The van der Waals surface area contributed by atoms with Crippen molar-refractivity contribution in [3.05, 3.63) is 29.3 Å². The average Bonchev–Trinajstić information content (AvgIpc) is 2.33. The molecule has 0 bridgehead atoms. The van der Waals surface area contributed by atoms with E-state index in [9.17, 15) is 22.0 Å². The number of hydrogen-bond donors (Lipinski definition) is 2. The van der Waals surface area contributed by atoms with E-state index in [0.29, 0.717) is 12.1 Å². The third kappa shape index (κ3) is 4.21. The molecule has 118 valence electrons. The lowest BCUT2D eigenvalue weighted by Crippen LogP contribution is -2.32. The maximum atomic E-state index is 14.0. The van der Waals surface area contributed by atoms with Gasteiger partial charge in [0.05, 0.1) is 0 Å². The molecule has 1 aromatic rings. The fraction of sp³-hybridized carbons (Fsp3) is 0.462. The van der Waals surface area contributed by atoms with Crippen LogP contribution in [0.1, 0.15) is 31.1 Å². The number of nitrogens with one attached hydrogen (secondary N) is 1. The first-order valence-corrected chi connectivity index (χ1v) is 7.89. The molecule has 0 fully saturated rings. The lowest BCUT2D eigenvalue weighted by atomic mass is 9.98. The molecule has 5 nitrogen and oxygen atoms in total. The number of primary sulfonamides is 1. The minimum atomic E-state index is -4.37. The van der Waals surface area contributed by atoms with Gasteiger partial charge in [-0.1, -0.05) is 20.8 Å². The van der Waals surface area contributed by atoms with Crippen LogP contribution in [-0.4, -0.2) is 20.9 Å². The summed E-state index contributed by atoms with van der Waals surface area (Å²) < 4.78 is 50.0. The number of carbonyl (C=O) groups is 1. The Morgan fingerprint density at radius 3 is 2.33 bits per heavy atom. The first kappa shape index (κ1) is 17.5. The maximum absolute atomic E-state index is 14.0. The SMILES string of the molecule is CC(C)C(C)CNC(=O)c1c(F)ccc(S(N)(=O)=O)c1F. The molecular formula is C13H18F2N2O3S. The summed E-state index contributed by atoms with van der Waals surface area (Å²) in [6.45, 7) is 5.98. The van der Waals surface area contributed by atoms with Crippen molar-refractivity contribution in [1.82, 2.24) is 5.32 Å². The molecular weight excluding hydrogens is 302 g/mol. The molecule has 0 radical (unpaired) electrons. The predicted octanol–water partition coefficient (Wildman–Crippen LogP) is 1.63. The van der Waals surface area contributed by atoms with Gasteiger partial charge in [0.25, 0.3) is 5.91 Å². The summed E-state index contributed by atoms with van der Waals surface area (Å²) >= 11 is 0. The van der Waals surface area contributed by atoms with Crippen LogP contribution in [0, 0.1) is 23.5 Å². The van der Waals surface area contributed by atoms with Crippen LogP contribution in [0.4, 0.5) is 8.78 Å². The molecule has 1 rings (SSSR count). The molecule has 0 aliphatic heterocycles. The minimum absolute atomic E-state index is 0.0986. The van der Waals surface area contributed by atoms with E-state index in [1.807, 2.05) is 20.8 Å². The van der Waals surface area contributed by atoms with Crippen molar-refractivity contribution in [2.75, 3.05) is 6.54 Å². The van der Waals surface area contributed by atoms with Crippen LogP contribution in [0.3, 0.4) is 0 Å². The highest BCUT2D eigenvalue weighted by atomic mass is 32.2. The smallest absolute Gasteiger partial charge is 0.257 e. The van der Waals surface area contributed by atoms with E-state index in [2.05, 4.69) is 5.32 Å². The second-order valence-corrected chi connectivity index (χ2v) is 6.74. The third-order valence-electron chi connectivity index (χ3n) is 3.31. The van der Waals surface area contributed by atoms with Crippen LogP contribution in [0.15, 0.2) is 17.0 Å². The van der Waals surface area contributed by atoms with Crippen LogP contribution in [0.25, 0.3) is 0 Å². The van der Waals surface area contributed by atoms with Gasteiger partial charge in [0.1, 0.15) is 16.3 Å². The van der Waals surface area contributed by atoms with Crippen LogP contribution < -0.4 is 10.5 Å². The molecule has 0 saturated carbocycles. The molecule has 21 heavy (non-hydrogen) atoms. The second kappa shape index (κ2) is 6.48. The van der Waals surface area contributed by atoms with Gasteiger partial charge >= 0.3 is 0 Å². The number of carbonyl (C=O) groups excluding carboxylic acids is 1. The van der Waals surface area contributed by atoms with Crippen molar-refractivity contribution in [2.24, 2.45) is 17.0 Å². The fourth-order valence-electron chi connectivity index (χ4n) is 1.54. The molecule has 8 heteroatoms. The number of amides is 1. The van der Waals surface area contributed by atoms with Gasteiger partial charge in [-0.25, -0.2) is 22.3 Å².